The van der Waals surface area contributed by atoms with Crippen LogP contribution in [0.15, 0.2) is 42.0 Å². The highest BCUT2D eigenvalue weighted by molar-refractivity contribution is 5.84. The van der Waals surface area contributed by atoms with Crippen LogP contribution in [0, 0.1) is 50.2 Å². The van der Waals surface area contributed by atoms with Gasteiger partial charge in [-0.3, -0.25) is 4.79 Å². The van der Waals surface area contributed by atoms with Crippen molar-refractivity contribution in [3.8, 4) is 0 Å². The molecule has 23 atom stereocenters. The summed E-state index contributed by atoms with van der Waals surface area (Å²) in [5.41, 5.74) is 1.77. The molecule has 9 N–H and O–H groups in total. The van der Waals surface area contributed by atoms with E-state index in [2.05, 4.69) is 72.0 Å². The van der Waals surface area contributed by atoms with Crippen LogP contribution in [0.3, 0.4) is 0 Å². The second-order valence-corrected chi connectivity index (χ2v) is 25.6. The molecule has 406 valence electrons. The van der Waals surface area contributed by atoms with E-state index in [0.717, 1.165) is 64.2 Å². The largest absolute Gasteiger partial charge is 0.394 e. The molecule has 0 unspecified atom stereocenters. The van der Waals surface area contributed by atoms with Crippen LogP contribution in [0.4, 0.5) is 0 Å². The maximum Gasteiger partial charge on any atom is 0.226 e. The molecule has 1 aromatic rings. The van der Waals surface area contributed by atoms with Gasteiger partial charge in [0.1, 0.15) is 61.0 Å². The Labute approximate surface area is 426 Å². The molecule has 0 bridgehead atoms. The van der Waals surface area contributed by atoms with Gasteiger partial charge in [0.05, 0.1) is 30.3 Å². The standard InChI is InChI=1S/C56H87NO15/c1-29-38(59)40(61)42(63)47(67-29)71-45-34(28-58)69-49(46(44(45)65)72-48-43(64)41(62)39(60)30(2)68-48)70-37-18-20-53(7)35(52(37,5)6)17-21-55(9)36(53)16-15-32-33-27-51(3,4)22-24-56(33,25-23-54(32,55)8)50(66)57-26-19-31-13-11-10-12-14-31/h10-15,29-30,33-49,58-65H,16-28H2,1-9H3,(H,57,66)/t29-,30-,33-,34+,35-,36+,37-,38-,39-,40+,41+,42+,43+,44-,45+,46+,47-,48-,49-,53-,54+,55+,56-/m0/s1. The van der Waals surface area contributed by atoms with Crippen LogP contribution in [0.5, 0.6) is 0 Å². The molecule has 3 saturated heterocycles. The van der Waals surface area contributed by atoms with Crippen LogP contribution in [-0.2, 0) is 39.6 Å². The average molecular weight is 1010 g/mol. The van der Waals surface area contributed by atoms with Crippen LogP contribution in [0.2, 0.25) is 0 Å². The summed E-state index contributed by atoms with van der Waals surface area (Å²) in [6, 6.07) is 10.4. The molecule has 16 nitrogen and oxygen atoms in total. The van der Waals surface area contributed by atoms with E-state index in [4.69, 9.17) is 28.4 Å². The van der Waals surface area contributed by atoms with Crippen molar-refractivity contribution in [1.29, 1.82) is 0 Å². The maximum atomic E-state index is 14.7. The number of hydrogen-bond donors (Lipinski definition) is 9. The van der Waals surface area contributed by atoms with E-state index in [0.29, 0.717) is 18.9 Å². The van der Waals surface area contributed by atoms with Gasteiger partial charge in [0.25, 0.3) is 0 Å². The van der Waals surface area contributed by atoms with Gasteiger partial charge >= 0.3 is 0 Å². The fraction of sp³-hybridized carbons (Fsp3) is 0.839. The topological polar surface area (TPSA) is 246 Å². The minimum Gasteiger partial charge on any atom is -0.394 e. The molecule has 0 aromatic heterocycles. The first-order valence-electron chi connectivity index (χ1n) is 27.2. The molecule has 5 aliphatic carbocycles. The average Bonchev–Trinajstić information content (AvgIpc) is 3.33. The van der Waals surface area contributed by atoms with Gasteiger partial charge in [-0.15, -0.1) is 0 Å². The lowest BCUT2D eigenvalue weighted by molar-refractivity contribution is -0.393. The number of fused-ring (bicyclic) bond motifs is 7. The fourth-order valence-electron chi connectivity index (χ4n) is 16.2. The fourth-order valence-corrected chi connectivity index (χ4v) is 16.2. The van der Waals surface area contributed by atoms with Crippen molar-refractivity contribution in [2.45, 2.75) is 231 Å². The van der Waals surface area contributed by atoms with Crippen LogP contribution in [-0.4, -0.2) is 158 Å². The van der Waals surface area contributed by atoms with Crippen LogP contribution in [0.1, 0.15) is 132 Å². The van der Waals surface area contributed by atoms with Gasteiger partial charge in [0.15, 0.2) is 18.9 Å². The zero-order valence-corrected chi connectivity index (χ0v) is 44.1. The number of aliphatic hydroxyl groups is 8. The molecule has 7 fully saturated rings. The molecule has 9 rings (SSSR count). The molecule has 0 radical (unpaired) electrons. The number of carbonyl (C=O) groups excluding carboxylic acids is 1. The number of carbonyl (C=O) groups is 1. The summed E-state index contributed by atoms with van der Waals surface area (Å²) in [5.74, 6) is 0.963. The SMILES string of the molecule is C[C@@H]1O[C@@H](O[C@H]2[C@H](O[C@H]3CC[C@]4(C)[C@H]5CC=C6[C@@H]7CC(C)(C)CC[C@]7(C(=O)NCCc7ccccc7)CC[C@@]6(C)[C@]5(C)CC[C@H]4C3(C)C)O[C@H](CO)[C@@H](O[C@@H]3O[C@@H](C)[C@H](O)[C@@H](O)[C@H]3O)[C@@H]2O)[C@H](O)[C@H](O)[C@H]1O. The van der Waals surface area contributed by atoms with Crippen LogP contribution >= 0.6 is 0 Å². The predicted octanol–water partition coefficient (Wildman–Crippen LogP) is 4.04. The Bertz CT molecular complexity index is 2110. The highest BCUT2D eigenvalue weighted by Gasteiger charge is 2.70. The van der Waals surface area contributed by atoms with E-state index < -0.39 is 116 Å². The second kappa shape index (κ2) is 20.0. The molecule has 4 saturated carbocycles. The summed E-state index contributed by atoms with van der Waals surface area (Å²) in [6.07, 6.45) is -9.76. The van der Waals surface area contributed by atoms with Crippen molar-refractivity contribution in [2.24, 2.45) is 50.2 Å². The highest BCUT2D eigenvalue weighted by atomic mass is 16.8. The highest BCUT2D eigenvalue weighted by Crippen LogP contribution is 2.76. The van der Waals surface area contributed by atoms with Crippen molar-refractivity contribution >= 4 is 5.91 Å². The van der Waals surface area contributed by atoms with Gasteiger partial charge in [-0.25, -0.2) is 0 Å². The molecule has 1 aromatic carbocycles. The second-order valence-electron chi connectivity index (χ2n) is 25.6. The van der Waals surface area contributed by atoms with Gasteiger partial charge in [-0.2, -0.15) is 0 Å². The lowest BCUT2D eigenvalue weighted by Gasteiger charge is -2.71. The lowest BCUT2D eigenvalue weighted by atomic mass is 9.33. The van der Waals surface area contributed by atoms with E-state index in [1.807, 2.05) is 18.2 Å². The first-order chi connectivity index (χ1) is 33.8. The number of benzene rings is 1. The van der Waals surface area contributed by atoms with Gasteiger partial charge in [0, 0.05) is 6.54 Å². The molecular weight excluding hydrogens is 927 g/mol. The summed E-state index contributed by atoms with van der Waals surface area (Å²) in [6.45, 7) is 19.8. The summed E-state index contributed by atoms with van der Waals surface area (Å²) in [7, 11) is 0. The molecule has 3 aliphatic heterocycles. The predicted molar refractivity (Wildman–Crippen MR) is 263 cm³/mol. The van der Waals surface area contributed by atoms with Gasteiger partial charge < -0.3 is 74.6 Å². The van der Waals surface area contributed by atoms with Gasteiger partial charge in [-0.05, 0) is 135 Å². The minimum absolute atomic E-state index is 0.0276. The Morgan fingerprint density at radius 2 is 1.28 bits per heavy atom. The number of allylic oxidation sites excluding steroid dienone is 2. The number of ether oxygens (including phenoxy) is 6. The van der Waals surface area contributed by atoms with Crippen LogP contribution in [0.25, 0.3) is 0 Å². The number of hydrogen-bond acceptors (Lipinski definition) is 15. The Morgan fingerprint density at radius 3 is 1.90 bits per heavy atom. The van der Waals surface area contributed by atoms with E-state index in [1.165, 1.54) is 25.0 Å². The molecule has 72 heavy (non-hydrogen) atoms. The first kappa shape index (κ1) is 54.7. The van der Waals surface area contributed by atoms with E-state index in [1.54, 1.807) is 0 Å². The number of amides is 1. The van der Waals surface area contributed by atoms with E-state index in [-0.39, 0.29) is 39.4 Å². The number of aliphatic hydroxyl groups excluding tert-OH is 8. The molecular formula is C56H87NO15. The normalized spacial score (nSPS) is 49.8. The van der Waals surface area contributed by atoms with Crippen LogP contribution < -0.4 is 5.32 Å². The smallest absolute Gasteiger partial charge is 0.226 e. The maximum absolute atomic E-state index is 14.7. The molecule has 1 amide bonds. The Kier molecular flexibility index (Phi) is 15.2. The third kappa shape index (κ3) is 9.08. The first-order valence-corrected chi connectivity index (χ1v) is 27.2. The zero-order chi connectivity index (χ0) is 52.1. The van der Waals surface area contributed by atoms with Crippen molar-refractivity contribution in [2.75, 3.05) is 13.2 Å². The van der Waals surface area contributed by atoms with E-state index in [9.17, 15) is 45.6 Å². The molecule has 0 spiro atoms. The lowest BCUT2D eigenvalue weighted by Crippen LogP contribution is -2.68. The number of rotatable bonds is 11. The van der Waals surface area contributed by atoms with Crippen molar-refractivity contribution in [3.63, 3.8) is 0 Å². The van der Waals surface area contributed by atoms with Crippen molar-refractivity contribution in [1.82, 2.24) is 5.32 Å². The molecule has 8 aliphatic rings. The quantitative estimate of drug-likeness (QED) is 0.112. The monoisotopic (exact) mass is 1010 g/mol. The summed E-state index contributed by atoms with van der Waals surface area (Å²) in [5, 5.41) is 90.6. The molecule has 3 heterocycles. The zero-order valence-electron chi connectivity index (χ0n) is 44.1. The van der Waals surface area contributed by atoms with Gasteiger partial charge in [0.2, 0.25) is 5.91 Å². The summed E-state index contributed by atoms with van der Waals surface area (Å²) < 4.78 is 37.4. The minimum atomic E-state index is -1.73. The van der Waals surface area contributed by atoms with E-state index >= 15 is 0 Å². The molecule has 16 heteroatoms. The Morgan fingerprint density at radius 1 is 0.667 bits per heavy atom. The van der Waals surface area contributed by atoms with Gasteiger partial charge in [-0.1, -0.05) is 90.4 Å². The van der Waals surface area contributed by atoms with Crippen molar-refractivity contribution < 1.29 is 74.1 Å². The summed E-state index contributed by atoms with van der Waals surface area (Å²) >= 11 is 0. The number of nitrogens with one attached hydrogen (secondary N) is 1. The van der Waals surface area contributed by atoms with Crippen molar-refractivity contribution in [3.05, 3.63) is 47.5 Å². The Hall–Kier alpha value is -2.13. The third-order valence-corrected chi connectivity index (χ3v) is 20.9. The third-order valence-electron chi connectivity index (χ3n) is 20.9. The Balaban J connectivity index is 0.963. The summed E-state index contributed by atoms with van der Waals surface area (Å²) in [4.78, 5) is 14.7.